The molecule has 1 heterocycles. The van der Waals surface area contributed by atoms with Crippen LogP contribution in [0.5, 0.6) is 0 Å². The van der Waals surface area contributed by atoms with Gasteiger partial charge in [0.05, 0.1) is 5.38 Å². The second kappa shape index (κ2) is 5.72. The molecule has 1 saturated carbocycles. The van der Waals surface area contributed by atoms with Gasteiger partial charge in [0.1, 0.15) is 4.88 Å². The van der Waals surface area contributed by atoms with Gasteiger partial charge in [0.2, 0.25) is 0 Å². The second-order valence-corrected chi connectivity index (χ2v) is 6.71. The van der Waals surface area contributed by atoms with E-state index in [-0.39, 0.29) is 17.3 Å². The zero-order valence-corrected chi connectivity index (χ0v) is 12.8. The molecule has 1 aromatic rings. The first-order valence-electron chi connectivity index (χ1n) is 5.75. The van der Waals surface area contributed by atoms with Crippen molar-refractivity contribution in [3.05, 3.63) is 20.8 Å². The van der Waals surface area contributed by atoms with Crippen LogP contribution in [0.3, 0.4) is 0 Å². The molecule has 2 unspecified atom stereocenters. The summed E-state index contributed by atoms with van der Waals surface area (Å²) in [7, 11) is 1.86. The van der Waals surface area contributed by atoms with Crippen molar-refractivity contribution in [1.29, 1.82) is 0 Å². The molecule has 17 heavy (non-hydrogen) atoms. The molecule has 2 rings (SSSR count). The highest BCUT2D eigenvalue weighted by Crippen LogP contribution is 2.30. The lowest BCUT2D eigenvalue weighted by molar-refractivity contribution is 0.0704. The fourth-order valence-electron chi connectivity index (χ4n) is 2.26. The largest absolute Gasteiger partial charge is 0.337 e. The highest BCUT2D eigenvalue weighted by molar-refractivity contribution is 9.10. The summed E-state index contributed by atoms with van der Waals surface area (Å²) >= 11 is 11.2. The highest BCUT2D eigenvalue weighted by Gasteiger charge is 2.30. The smallest absolute Gasteiger partial charge is 0.265 e. The summed E-state index contributed by atoms with van der Waals surface area (Å²) in [6.45, 7) is 0. The van der Waals surface area contributed by atoms with Gasteiger partial charge in [-0.3, -0.25) is 4.79 Å². The Kier molecular flexibility index (Phi) is 4.50. The maximum absolute atomic E-state index is 12.3. The number of carbonyl (C=O) groups is 1. The predicted molar refractivity (Wildman–Crippen MR) is 76.0 cm³/mol. The molecule has 0 spiro atoms. The topological polar surface area (TPSA) is 20.3 Å². The number of alkyl halides is 1. The monoisotopic (exact) mass is 335 g/mol. The van der Waals surface area contributed by atoms with E-state index in [0.717, 1.165) is 28.6 Å². The maximum Gasteiger partial charge on any atom is 0.265 e. The van der Waals surface area contributed by atoms with E-state index in [2.05, 4.69) is 15.9 Å². The SMILES string of the molecule is CN(C(=O)c1sccc1Br)C1CCCCC1Cl. The number of halogens is 2. The Morgan fingerprint density at radius 2 is 2.24 bits per heavy atom. The van der Waals surface area contributed by atoms with Gasteiger partial charge in [0, 0.05) is 17.6 Å². The first-order valence-corrected chi connectivity index (χ1v) is 7.86. The molecule has 1 aromatic heterocycles. The van der Waals surface area contributed by atoms with Crippen molar-refractivity contribution in [3.63, 3.8) is 0 Å². The molecule has 2 atom stereocenters. The molecular formula is C12H15BrClNOS. The first-order chi connectivity index (χ1) is 8.11. The van der Waals surface area contributed by atoms with Crippen LogP contribution in [0, 0.1) is 0 Å². The minimum Gasteiger partial charge on any atom is -0.337 e. The van der Waals surface area contributed by atoms with E-state index in [1.165, 1.54) is 17.8 Å². The summed E-state index contributed by atoms with van der Waals surface area (Å²) in [5, 5.41) is 2.01. The van der Waals surface area contributed by atoms with Crippen LogP contribution in [0.2, 0.25) is 0 Å². The number of nitrogens with zero attached hydrogens (tertiary/aromatic N) is 1. The van der Waals surface area contributed by atoms with Gasteiger partial charge >= 0.3 is 0 Å². The molecule has 0 radical (unpaired) electrons. The Hall–Kier alpha value is -0.0600. The molecular weight excluding hydrogens is 322 g/mol. The van der Waals surface area contributed by atoms with Crippen molar-refractivity contribution < 1.29 is 4.79 Å². The van der Waals surface area contributed by atoms with Crippen LogP contribution in [0.4, 0.5) is 0 Å². The summed E-state index contributed by atoms with van der Waals surface area (Å²) in [5.41, 5.74) is 0. The number of rotatable bonds is 2. The first kappa shape index (κ1) is 13.4. The van der Waals surface area contributed by atoms with Gasteiger partial charge in [0.25, 0.3) is 5.91 Å². The van der Waals surface area contributed by atoms with Crippen LogP contribution in [0.15, 0.2) is 15.9 Å². The van der Waals surface area contributed by atoms with Gasteiger partial charge in [-0.1, -0.05) is 12.8 Å². The standard InChI is InChI=1S/C12H15BrClNOS/c1-15(10-5-3-2-4-9(10)14)12(16)11-8(13)6-7-17-11/h6-7,9-10H,2-5H2,1H3. The lowest BCUT2D eigenvalue weighted by atomic mass is 9.94. The van der Waals surface area contributed by atoms with E-state index in [1.54, 1.807) is 0 Å². The molecule has 94 valence electrons. The van der Waals surface area contributed by atoms with Gasteiger partial charge < -0.3 is 4.90 Å². The summed E-state index contributed by atoms with van der Waals surface area (Å²) in [5.74, 6) is 0.0735. The van der Waals surface area contributed by atoms with E-state index >= 15 is 0 Å². The lowest BCUT2D eigenvalue weighted by Crippen LogP contribution is -2.44. The average Bonchev–Trinajstić information content (AvgIpc) is 2.74. The van der Waals surface area contributed by atoms with Crippen molar-refractivity contribution in [1.82, 2.24) is 4.90 Å². The quantitative estimate of drug-likeness (QED) is 0.744. The van der Waals surface area contributed by atoms with Gasteiger partial charge in [0.15, 0.2) is 0 Å². The molecule has 1 fully saturated rings. The lowest BCUT2D eigenvalue weighted by Gasteiger charge is -2.34. The van der Waals surface area contributed by atoms with Crippen molar-refractivity contribution in [2.45, 2.75) is 37.1 Å². The van der Waals surface area contributed by atoms with Crippen LogP contribution >= 0.6 is 38.9 Å². The zero-order chi connectivity index (χ0) is 12.4. The molecule has 1 aliphatic carbocycles. The fraction of sp³-hybridized carbons (Fsp3) is 0.583. The number of hydrogen-bond donors (Lipinski definition) is 0. The molecule has 0 bridgehead atoms. The number of thiophene rings is 1. The van der Waals surface area contributed by atoms with Gasteiger partial charge in [-0.2, -0.15) is 0 Å². The van der Waals surface area contributed by atoms with Gasteiger partial charge in [-0.05, 0) is 40.2 Å². The minimum atomic E-state index is 0.0735. The summed E-state index contributed by atoms with van der Waals surface area (Å²) in [4.78, 5) is 14.9. The number of amides is 1. The van der Waals surface area contributed by atoms with Crippen LogP contribution < -0.4 is 0 Å². The summed E-state index contributed by atoms with van der Waals surface area (Å²) in [6, 6.07) is 2.08. The average molecular weight is 337 g/mol. The summed E-state index contributed by atoms with van der Waals surface area (Å²) in [6.07, 6.45) is 4.36. The van der Waals surface area contributed by atoms with Crippen molar-refractivity contribution in [2.75, 3.05) is 7.05 Å². The van der Waals surface area contributed by atoms with Crippen molar-refractivity contribution in [3.8, 4) is 0 Å². The predicted octanol–water partition coefficient (Wildman–Crippen LogP) is 4.13. The maximum atomic E-state index is 12.3. The van der Waals surface area contributed by atoms with Crippen LogP contribution in [0.1, 0.15) is 35.4 Å². The van der Waals surface area contributed by atoms with Gasteiger partial charge in [-0.15, -0.1) is 22.9 Å². The van der Waals surface area contributed by atoms with Crippen LogP contribution in [0.25, 0.3) is 0 Å². The minimum absolute atomic E-state index is 0.0735. The van der Waals surface area contributed by atoms with Crippen LogP contribution in [-0.2, 0) is 0 Å². The molecule has 0 aromatic carbocycles. The molecule has 5 heteroatoms. The Balaban J connectivity index is 2.11. The Labute approximate surface area is 119 Å². The van der Waals surface area contributed by atoms with E-state index in [1.807, 2.05) is 23.4 Å². The van der Waals surface area contributed by atoms with E-state index in [9.17, 15) is 4.79 Å². The third kappa shape index (κ3) is 2.85. The summed E-state index contributed by atoms with van der Waals surface area (Å²) < 4.78 is 0.876. The highest BCUT2D eigenvalue weighted by atomic mass is 79.9. The van der Waals surface area contributed by atoms with E-state index in [0.29, 0.717) is 0 Å². The van der Waals surface area contributed by atoms with Gasteiger partial charge in [-0.25, -0.2) is 0 Å². The molecule has 0 N–H and O–H groups in total. The second-order valence-electron chi connectivity index (χ2n) is 4.38. The fourth-order valence-corrected chi connectivity index (χ4v) is 4.23. The normalized spacial score (nSPS) is 24.6. The molecule has 1 amide bonds. The van der Waals surface area contributed by atoms with E-state index < -0.39 is 0 Å². The Morgan fingerprint density at radius 3 is 2.82 bits per heavy atom. The van der Waals surface area contributed by atoms with Crippen molar-refractivity contribution >= 4 is 44.8 Å². The molecule has 0 aliphatic heterocycles. The van der Waals surface area contributed by atoms with Crippen LogP contribution in [-0.4, -0.2) is 29.3 Å². The molecule has 0 saturated heterocycles. The number of carbonyl (C=O) groups excluding carboxylic acids is 1. The Morgan fingerprint density at radius 1 is 1.53 bits per heavy atom. The molecule has 2 nitrogen and oxygen atoms in total. The zero-order valence-electron chi connectivity index (χ0n) is 9.66. The third-order valence-electron chi connectivity index (χ3n) is 3.28. The van der Waals surface area contributed by atoms with E-state index in [4.69, 9.17) is 11.6 Å². The number of hydrogen-bond acceptors (Lipinski definition) is 2. The van der Waals surface area contributed by atoms with Crippen molar-refractivity contribution in [2.24, 2.45) is 0 Å². The Bertz CT molecular complexity index is 409. The third-order valence-corrected chi connectivity index (χ3v) is 5.61. The molecule has 1 aliphatic rings.